The first-order valence-electron chi connectivity index (χ1n) is 10.8. The van der Waals surface area contributed by atoms with E-state index in [0.717, 1.165) is 0 Å². The molecule has 3 N–H and O–H groups in total. The number of anilines is 1. The Kier molecular flexibility index (Phi) is 7.74. The van der Waals surface area contributed by atoms with Crippen LogP contribution in [0, 0.1) is 11.3 Å². The number of H-pyrrole nitrogens is 1. The quantitative estimate of drug-likeness (QED) is 0.439. The second kappa shape index (κ2) is 10.7. The van der Waals surface area contributed by atoms with E-state index in [0.29, 0.717) is 71.7 Å². The highest BCUT2D eigenvalue weighted by Crippen LogP contribution is 2.29. The Labute approximate surface area is 194 Å². The molecule has 0 unspecified atom stereocenters. The Bertz CT molecular complexity index is 1100. The van der Waals surface area contributed by atoms with Crippen LogP contribution in [-0.4, -0.2) is 61.1 Å². The van der Waals surface area contributed by atoms with Gasteiger partial charge in [-0.25, -0.2) is 4.99 Å². The first-order chi connectivity index (χ1) is 15.9. The molecule has 1 amide bonds. The summed E-state index contributed by atoms with van der Waals surface area (Å²) in [5.41, 5.74) is 2.94. The van der Waals surface area contributed by atoms with E-state index in [4.69, 9.17) is 9.47 Å². The topological polar surface area (TPSA) is 115 Å². The molecule has 1 aliphatic heterocycles. The van der Waals surface area contributed by atoms with Crippen molar-refractivity contribution >= 4 is 28.9 Å². The van der Waals surface area contributed by atoms with Crippen molar-refractivity contribution < 1.29 is 14.3 Å². The van der Waals surface area contributed by atoms with Crippen LogP contribution in [0.1, 0.15) is 42.3 Å². The smallest absolute Gasteiger partial charge is 0.254 e. The van der Waals surface area contributed by atoms with Crippen molar-refractivity contribution in [1.29, 1.82) is 5.26 Å². The third kappa shape index (κ3) is 5.54. The molecule has 1 aromatic heterocycles. The van der Waals surface area contributed by atoms with Crippen LogP contribution in [0.15, 0.2) is 36.0 Å². The standard InChI is InChI=1S/C24H30N6O3/c1-6-26-16(3)22-19(12-25)13-27-23(22)29-17(4)28-20-8-7-18(11-21(20)32-5)24(31)30-9-10-33-15(2)14-30/h7-8,11,13,15,26-27H,3,6,9-10,14H2,1-2,4-5H3,(H,28,29)/t15-/m0/s1. The SMILES string of the molecule is C=C(NCC)c1c(C#N)c[nH]c1/N=C(\C)Nc1ccc(C(=O)N2CCO[C@@H](C)C2)cc1OC. The molecule has 174 valence electrons. The monoisotopic (exact) mass is 450 g/mol. The number of amides is 1. The van der Waals surface area contributed by atoms with Crippen LogP contribution >= 0.6 is 0 Å². The Morgan fingerprint density at radius 3 is 2.94 bits per heavy atom. The molecule has 3 rings (SSSR count). The van der Waals surface area contributed by atoms with Crippen LogP contribution in [0.4, 0.5) is 11.5 Å². The molecule has 1 aromatic carbocycles. The summed E-state index contributed by atoms with van der Waals surface area (Å²) in [4.78, 5) is 22.3. The number of methoxy groups -OCH3 is 1. The number of aliphatic imine (C=N–C) groups is 1. The number of aromatic nitrogens is 1. The Balaban J connectivity index is 1.82. The zero-order valence-corrected chi connectivity index (χ0v) is 19.5. The molecule has 2 heterocycles. The highest BCUT2D eigenvalue weighted by molar-refractivity contribution is 5.99. The lowest BCUT2D eigenvalue weighted by Crippen LogP contribution is -2.44. The van der Waals surface area contributed by atoms with Crippen LogP contribution in [0.2, 0.25) is 0 Å². The summed E-state index contributed by atoms with van der Waals surface area (Å²) in [5.74, 6) is 1.57. The van der Waals surface area contributed by atoms with Gasteiger partial charge in [-0.2, -0.15) is 5.26 Å². The maximum absolute atomic E-state index is 12.9. The molecule has 1 saturated heterocycles. The summed E-state index contributed by atoms with van der Waals surface area (Å²) < 4.78 is 11.0. The molecule has 1 atom stereocenters. The highest BCUT2D eigenvalue weighted by atomic mass is 16.5. The van der Waals surface area contributed by atoms with E-state index in [1.54, 1.807) is 43.3 Å². The summed E-state index contributed by atoms with van der Waals surface area (Å²) in [7, 11) is 1.56. The number of morpholine rings is 1. The van der Waals surface area contributed by atoms with Gasteiger partial charge in [0.2, 0.25) is 0 Å². The minimum atomic E-state index is -0.0533. The highest BCUT2D eigenvalue weighted by Gasteiger charge is 2.23. The number of carbonyl (C=O) groups excluding carboxylic acids is 1. The van der Waals surface area contributed by atoms with Gasteiger partial charge in [-0.3, -0.25) is 4.79 Å². The largest absolute Gasteiger partial charge is 0.495 e. The molecule has 0 radical (unpaired) electrons. The second-order valence-corrected chi connectivity index (χ2v) is 7.72. The molecular formula is C24H30N6O3. The number of nitriles is 1. The number of carbonyl (C=O) groups is 1. The van der Waals surface area contributed by atoms with Crippen molar-refractivity contribution in [1.82, 2.24) is 15.2 Å². The molecule has 1 aliphatic rings. The zero-order chi connectivity index (χ0) is 24.0. The Hall–Kier alpha value is -3.77. The summed E-state index contributed by atoms with van der Waals surface area (Å²) >= 11 is 0. The van der Waals surface area contributed by atoms with Crippen LogP contribution in [-0.2, 0) is 4.74 Å². The average Bonchev–Trinajstić information content (AvgIpc) is 3.21. The van der Waals surface area contributed by atoms with Gasteiger partial charge in [0.1, 0.15) is 23.5 Å². The Morgan fingerprint density at radius 2 is 2.27 bits per heavy atom. The average molecular weight is 451 g/mol. The van der Waals surface area contributed by atoms with Gasteiger partial charge in [0.25, 0.3) is 5.91 Å². The van der Waals surface area contributed by atoms with Crippen molar-refractivity contribution in [3.8, 4) is 11.8 Å². The number of nitrogens with zero attached hydrogens (tertiary/aromatic N) is 3. The summed E-state index contributed by atoms with van der Waals surface area (Å²) in [6, 6.07) is 7.44. The van der Waals surface area contributed by atoms with Gasteiger partial charge in [0.05, 0.1) is 36.6 Å². The van der Waals surface area contributed by atoms with Gasteiger partial charge in [-0.05, 0) is 39.0 Å². The molecule has 0 spiro atoms. The van der Waals surface area contributed by atoms with Crippen molar-refractivity contribution in [2.45, 2.75) is 26.9 Å². The number of aromatic amines is 1. The molecule has 0 bridgehead atoms. The predicted octanol–water partition coefficient (Wildman–Crippen LogP) is 3.50. The van der Waals surface area contributed by atoms with Crippen molar-refractivity contribution in [3.05, 3.63) is 47.7 Å². The summed E-state index contributed by atoms with van der Waals surface area (Å²) in [5, 5.41) is 15.8. The lowest BCUT2D eigenvalue weighted by atomic mass is 10.1. The predicted molar refractivity (Wildman–Crippen MR) is 129 cm³/mol. The van der Waals surface area contributed by atoms with Gasteiger partial charge in [-0.15, -0.1) is 0 Å². The van der Waals surface area contributed by atoms with E-state index in [-0.39, 0.29) is 12.0 Å². The van der Waals surface area contributed by atoms with E-state index in [1.807, 2.05) is 13.8 Å². The maximum atomic E-state index is 12.9. The normalized spacial score (nSPS) is 16.2. The summed E-state index contributed by atoms with van der Waals surface area (Å²) in [6.45, 7) is 12.1. The Morgan fingerprint density at radius 1 is 1.48 bits per heavy atom. The molecule has 33 heavy (non-hydrogen) atoms. The van der Waals surface area contributed by atoms with E-state index in [9.17, 15) is 10.1 Å². The van der Waals surface area contributed by atoms with Crippen LogP contribution in [0.3, 0.4) is 0 Å². The molecule has 9 heteroatoms. The minimum Gasteiger partial charge on any atom is -0.495 e. The molecule has 9 nitrogen and oxygen atoms in total. The number of benzene rings is 1. The number of nitrogens with one attached hydrogen (secondary N) is 3. The number of amidine groups is 1. The third-order valence-electron chi connectivity index (χ3n) is 5.24. The number of rotatable bonds is 7. The molecule has 0 saturated carbocycles. The fourth-order valence-electron chi connectivity index (χ4n) is 3.70. The fraction of sp³-hybridized carbons (Fsp3) is 0.375. The van der Waals surface area contributed by atoms with E-state index < -0.39 is 0 Å². The lowest BCUT2D eigenvalue weighted by Gasteiger charge is -2.31. The summed E-state index contributed by atoms with van der Waals surface area (Å²) in [6.07, 6.45) is 1.63. The van der Waals surface area contributed by atoms with Gasteiger partial charge in [0, 0.05) is 37.1 Å². The van der Waals surface area contributed by atoms with E-state index >= 15 is 0 Å². The van der Waals surface area contributed by atoms with Crippen LogP contribution < -0.4 is 15.4 Å². The van der Waals surface area contributed by atoms with Crippen molar-refractivity contribution in [3.63, 3.8) is 0 Å². The minimum absolute atomic E-state index is 0.0208. The molecular weight excluding hydrogens is 420 g/mol. The second-order valence-electron chi connectivity index (χ2n) is 7.72. The number of hydrogen-bond donors (Lipinski definition) is 3. The van der Waals surface area contributed by atoms with Crippen LogP contribution in [0.5, 0.6) is 5.75 Å². The third-order valence-corrected chi connectivity index (χ3v) is 5.24. The van der Waals surface area contributed by atoms with Gasteiger partial charge < -0.3 is 30.0 Å². The molecule has 2 aromatic rings. The van der Waals surface area contributed by atoms with E-state index in [1.165, 1.54) is 0 Å². The maximum Gasteiger partial charge on any atom is 0.254 e. The number of hydrogen-bond acceptors (Lipinski definition) is 6. The number of ether oxygens (including phenoxy) is 2. The fourth-order valence-corrected chi connectivity index (χ4v) is 3.70. The van der Waals surface area contributed by atoms with Gasteiger partial charge in [0.15, 0.2) is 0 Å². The van der Waals surface area contributed by atoms with Crippen LogP contribution in [0.25, 0.3) is 5.70 Å². The lowest BCUT2D eigenvalue weighted by molar-refractivity contribution is -0.0124. The van der Waals surface area contributed by atoms with Crippen molar-refractivity contribution in [2.24, 2.45) is 4.99 Å². The first-order valence-corrected chi connectivity index (χ1v) is 10.8. The zero-order valence-electron chi connectivity index (χ0n) is 19.5. The van der Waals surface area contributed by atoms with Crippen molar-refractivity contribution in [2.75, 3.05) is 38.7 Å². The molecule has 1 fully saturated rings. The van der Waals surface area contributed by atoms with E-state index in [2.05, 4.69) is 33.3 Å². The first kappa shape index (κ1) is 23.9. The van der Waals surface area contributed by atoms with Gasteiger partial charge >= 0.3 is 0 Å². The molecule has 0 aliphatic carbocycles. The van der Waals surface area contributed by atoms with Gasteiger partial charge in [-0.1, -0.05) is 6.58 Å².